The predicted molar refractivity (Wildman–Crippen MR) is 431 cm³/mol. The van der Waals surface area contributed by atoms with Crippen LogP contribution in [0.4, 0.5) is 14.5 Å². The number of fused-ring (bicyclic) bond motifs is 3. The van der Waals surface area contributed by atoms with E-state index in [1.807, 2.05) is 114 Å². The number of ether oxygens (including phenoxy) is 4. The molecule has 4 aromatic carbocycles. The van der Waals surface area contributed by atoms with Gasteiger partial charge in [-0.05, 0) is 278 Å². The second-order valence-corrected chi connectivity index (χ2v) is 34.8. The number of rotatable bonds is 11. The van der Waals surface area contributed by atoms with E-state index in [1.165, 1.54) is 31.2 Å². The molecule has 0 bridgehead atoms. The summed E-state index contributed by atoms with van der Waals surface area (Å²) in [5, 5.41) is 12.7. The fraction of sp³-hybridized carbons (Fsp3) is 0.532. The molecule has 0 saturated carbocycles. The molecule has 0 atom stereocenters. The normalized spacial score (nSPS) is 14.7. The Morgan fingerprint density at radius 2 is 1.10 bits per heavy atom. The molecule has 2 fully saturated rings. The van der Waals surface area contributed by atoms with E-state index in [9.17, 15) is 13.9 Å². The van der Waals surface area contributed by atoms with Gasteiger partial charge in [0, 0.05) is 57.9 Å². The van der Waals surface area contributed by atoms with Crippen molar-refractivity contribution in [2.45, 2.75) is 258 Å². The molecule has 3 aliphatic rings. The first-order valence-corrected chi connectivity index (χ1v) is 38.1. The van der Waals surface area contributed by atoms with E-state index in [0.29, 0.717) is 21.6 Å². The van der Waals surface area contributed by atoms with E-state index < -0.39 is 35.6 Å². The maximum atomic E-state index is 13.4. The summed E-state index contributed by atoms with van der Waals surface area (Å²) >= 11 is 23.3. The zero-order chi connectivity index (χ0) is 79.4. The molecule has 7 heterocycles. The summed E-state index contributed by atoms with van der Waals surface area (Å²) in [5.41, 5.74) is 4.64. The molecular formula is C79H109BBr2Cl3F2KN11O7+. The van der Waals surface area contributed by atoms with Gasteiger partial charge in [0.2, 0.25) is 10.6 Å². The Morgan fingerprint density at radius 3 is 1.51 bits per heavy atom. The minimum absolute atomic E-state index is 0. The first kappa shape index (κ1) is 94.0. The predicted octanol–water partition coefficient (Wildman–Crippen LogP) is 16.8. The molecule has 2 saturated heterocycles. The number of halogens is 7. The summed E-state index contributed by atoms with van der Waals surface area (Å²) < 4.78 is 70.8. The number of aryl methyl sites for hydroxylation is 2. The summed E-state index contributed by atoms with van der Waals surface area (Å²) in [6.07, 6.45) is 6.44. The van der Waals surface area contributed by atoms with Gasteiger partial charge in [-0.1, -0.05) is 78.1 Å². The Labute approximate surface area is 702 Å². The van der Waals surface area contributed by atoms with Gasteiger partial charge in [-0.25, -0.2) is 43.3 Å². The Hall–Kier alpha value is -4.38. The number of nitrogens with zero attached hydrogens (tertiary/aromatic N) is 11. The third-order valence-electron chi connectivity index (χ3n) is 15.3. The molecule has 0 amide bonds. The molecule has 0 unspecified atom stereocenters. The number of imidazole rings is 2. The Morgan fingerprint density at radius 1 is 0.660 bits per heavy atom. The van der Waals surface area contributed by atoms with Gasteiger partial charge in [0.25, 0.3) is 5.36 Å². The summed E-state index contributed by atoms with van der Waals surface area (Å²) in [6.45, 7) is 60.4. The van der Waals surface area contributed by atoms with Crippen LogP contribution in [-0.4, -0.2) is 105 Å². The number of hydrogen-bond acceptors (Lipinski definition) is 15. The quantitative estimate of drug-likeness (QED) is 0.0391. The van der Waals surface area contributed by atoms with E-state index in [2.05, 4.69) is 174 Å². The van der Waals surface area contributed by atoms with Crippen LogP contribution in [0.2, 0.25) is 15.7 Å². The summed E-state index contributed by atoms with van der Waals surface area (Å²) in [6, 6.07) is 19.0. The van der Waals surface area contributed by atoms with E-state index in [0.717, 1.165) is 114 Å². The Kier molecular flexibility index (Phi) is 35.2. The third-order valence-corrected chi connectivity index (χ3v) is 16.8. The van der Waals surface area contributed by atoms with Crippen LogP contribution < -0.4 is 91.5 Å². The van der Waals surface area contributed by atoms with E-state index in [1.54, 1.807) is 40.0 Å². The molecule has 4 aromatic heterocycles. The van der Waals surface area contributed by atoms with Crippen LogP contribution in [0, 0.1) is 31.4 Å². The van der Waals surface area contributed by atoms with Crippen LogP contribution >= 0.6 is 66.7 Å². The maximum absolute atomic E-state index is 13.4. The fourth-order valence-corrected chi connectivity index (χ4v) is 12.2. The van der Waals surface area contributed by atoms with Crippen molar-refractivity contribution < 1.29 is 93.5 Å². The van der Waals surface area contributed by atoms with Crippen molar-refractivity contribution in [3.05, 3.63) is 144 Å². The smallest absolute Gasteiger partial charge is 0.850 e. The second kappa shape index (κ2) is 39.7. The van der Waals surface area contributed by atoms with Crippen LogP contribution in [0.3, 0.4) is 0 Å². The summed E-state index contributed by atoms with van der Waals surface area (Å²) in [5.74, 6) is 4.15. The van der Waals surface area contributed by atoms with Crippen molar-refractivity contribution in [1.82, 2.24) is 43.6 Å². The van der Waals surface area contributed by atoms with Crippen LogP contribution in [0.5, 0.6) is 17.2 Å². The van der Waals surface area contributed by atoms with E-state index in [-0.39, 0.29) is 96.5 Å². The number of aliphatic imine (C=N–C) groups is 1. The van der Waals surface area contributed by atoms with Gasteiger partial charge in [0.1, 0.15) is 61.8 Å². The molecule has 11 rings (SSSR count). The van der Waals surface area contributed by atoms with Gasteiger partial charge >= 0.3 is 64.3 Å². The molecule has 0 N–H and O–H groups in total. The van der Waals surface area contributed by atoms with E-state index >= 15 is 0 Å². The van der Waals surface area contributed by atoms with Crippen molar-refractivity contribution >= 4 is 113 Å². The van der Waals surface area contributed by atoms with Crippen molar-refractivity contribution in [3.63, 3.8) is 0 Å². The monoisotopic (exact) mass is 1670 g/mol. The summed E-state index contributed by atoms with van der Waals surface area (Å²) in [4.78, 5) is 33.6. The Balaban J connectivity index is 0.000000279. The van der Waals surface area contributed by atoms with Gasteiger partial charge in [0.05, 0.1) is 34.0 Å². The topological polar surface area (TPSA) is 193 Å². The van der Waals surface area contributed by atoms with Gasteiger partial charge in [0.15, 0.2) is 22.7 Å². The van der Waals surface area contributed by atoms with Crippen LogP contribution in [0.1, 0.15) is 216 Å². The third kappa shape index (κ3) is 29.1. The second-order valence-electron chi connectivity index (χ2n) is 31.9. The van der Waals surface area contributed by atoms with Crippen LogP contribution in [0.15, 0.2) is 104 Å². The molecule has 106 heavy (non-hydrogen) atoms. The minimum Gasteiger partial charge on any atom is -0.850 e. The van der Waals surface area contributed by atoms with Crippen LogP contribution in [-0.2, 0) is 14.0 Å². The van der Waals surface area contributed by atoms with Gasteiger partial charge in [-0.3, -0.25) is 4.99 Å². The van der Waals surface area contributed by atoms with Gasteiger partial charge in [-0.15, -0.1) is 5.60 Å². The first-order chi connectivity index (χ1) is 48.2. The minimum atomic E-state index is -0.750. The van der Waals surface area contributed by atoms with E-state index in [4.69, 9.17) is 68.0 Å². The molecule has 27 heteroatoms. The van der Waals surface area contributed by atoms with Crippen molar-refractivity contribution in [2.75, 3.05) is 13.2 Å². The van der Waals surface area contributed by atoms with Gasteiger partial charge in [-0.2, -0.15) is 0 Å². The molecule has 18 nitrogen and oxygen atoms in total. The molecule has 0 spiro atoms. The number of hydrogen-bond donors (Lipinski definition) is 0. The first-order valence-electron chi connectivity index (χ1n) is 35.4. The molecule has 0 aliphatic carbocycles. The number of benzene rings is 4. The molecule has 574 valence electrons. The maximum Gasteiger partial charge on any atom is 1.00 e. The van der Waals surface area contributed by atoms with Crippen molar-refractivity contribution in [1.29, 1.82) is 0 Å². The average Bonchev–Trinajstić information content (AvgIpc) is 1.61. The number of aromatic nitrogens is 8. The van der Waals surface area contributed by atoms with Gasteiger partial charge < -0.3 is 42.5 Å². The Bertz CT molecular complexity index is 4400. The molecular weight excluding hydrogens is 1570 g/mol. The van der Waals surface area contributed by atoms with Crippen LogP contribution in [0.25, 0.3) is 33.3 Å². The van der Waals surface area contributed by atoms with Crippen molar-refractivity contribution in [3.8, 4) is 28.5 Å². The zero-order valence-corrected chi connectivity index (χ0v) is 76.0. The fourth-order valence-electron chi connectivity index (χ4n) is 10.9. The summed E-state index contributed by atoms with van der Waals surface area (Å²) in [7, 11) is -0.453. The van der Waals surface area contributed by atoms with Crippen molar-refractivity contribution in [2.24, 2.45) is 15.9 Å². The zero-order valence-electron chi connectivity index (χ0n) is 67.5. The molecule has 3 aliphatic heterocycles. The largest absolute Gasteiger partial charge is 1.00 e. The average molecular weight is 1680 g/mol. The molecule has 0 radical (unpaired) electrons. The SMILES string of the molecule is C1CCOC1.C=C1N=c2c(OC(C)(C)C)cc(B3OC(C)(C)C(C)(C)O3)cc2=[N+]1C(C)C.CC(C)(C)[O-].CC(CC(C)C)=Nc1c(F)cc(Br)cc1F.Cc1nc2c(OC(C)(C)C)cc(-c3ccnc(Cl)n3)cc2n1C(C)C.Cc1nc2c(OC(C)(C)C)cc(Br)cc2n1C(C)C.Clc1ccnc(Cl)n1.[K+]. The molecule has 8 aromatic rings. The standard InChI is InChI=1S/C21H32BN2O3.C19H23ClN4O.C15H21BrN2O.C12H14BrF2N.C4H2Cl2N2.C4H8O.C4H9O.K/c1-13(2)24-14(3)23-18-16(24)11-15(12-17(18)25-19(4,5)6)22-26-20(7,8)21(9,10)27-22;1-11(2)24-12(3)22-17-15(24)9-13(10-16(17)25-19(4,5)6)14-7-8-21-18(20)23-14;1-9(2)18-10(3)17-14-12(18)7-11(16)8-13(14)19-15(4,5)6;1-7(2)4-8(3)16-12-10(14)5-9(13)6-11(12)15;5-3-1-2-7-4(6)8-3;1-2-4-5-3-1;1-4(2,3)5;/h11-13H,3H2,1-2,4-10H3;7-11H,1-6H3;7-9H,1-6H3;5-7H,4H2,1-3H3;1-2H;1-4H2;1-3H3;/q+1;;;;;;-1;+1.